The van der Waals surface area contributed by atoms with Crippen LogP contribution in [0.1, 0.15) is 30.9 Å². The average Bonchev–Trinajstić information content (AvgIpc) is 2.80. The van der Waals surface area contributed by atoms with Gasteiger partial charge in [-0.05, 0) is 41.3 Å². The number of hydrogen-bond donors (Lipinski definition) is 1. The highest BCUT2D eigenvalue weighted by molar-refractivity contribution is 7.89. The van der Waals surface area contributed by atoms with E-state index in [1.54, 1.807) is 19.2 Å². The molecule has 0 aromatic heterocycles. The minimum atomic E-state index is -3.50. The van der Waals surface area contributed by atoms with Crippen LogP contribution in [0, 0.1) is 0 Å². The van der Waals surface area contributed by atoms with E-state index in [9.17, 15) is 13.5 Å². The fraction of sp³-hybridized carbons (Fsp3) is 0.500. The maximum absolute atomic E-state index is 12.9. The van der Waals surface area contributed by atoms with Gasteiger partial charge in [-0.1, -0.05) is 38.1 Å². The van der Waals surface area contributed by atoms with Crippen LogP contribution in [0.15, 0.2) is 53.4 Å². The molecule has 32 heavy (non-hydrogen) atoms. The van der Waals surface area contributed by atoms with Gasteiger partial charge >= 0.3 is 0 Å². The first kappa shape index (κ1) is 24.7. The first-order valence-corrected chi connectivity index (χ1v) is 12.4. The summed E-state index contributed by atoms with van der Waals surface area (Å²) in [6.07, 6.45) is -0.625. The standard InChI is InChI=1S/C24H34N2O5S/c1-19(2)21-6-10-24(11-7-21)32(28,29)26-14-12-25(13-15-26)16-22(27)18-31-17-20-4-8-23(30-3)9-5-20/h4-11,19,22,27H,12-18H2,1-3H3/t22-/m0/s1. The van der Waals surface area contributed by atoms with Gasteiger partial charge in [-0.2, -0.15) is 4.31 Å². The van der Waals surface area contributed by atoms with Gasteiger partial charge in [0.25, 0.3) is 0 Å². The number of piperazine rings is 1. The highest BCUT2D eigenvalue weighted by Gasteiger charge is 2.29. The van der Waals surface area contributed by atoms with Gasteiger partial charge in [0.2, 0.25) is 10.0 Å². The number of benzene rings is 2. The highest BCUT2D eigenvalue weighted by atomic mass is 32.2. The third kappa shape index (κ3) is 6.52. The number of sulfonamides is 1. The summed E-state index contributed by atoms with van der Waals surface area (Å²) < 4.78 is 38.2. The quantitative estimate of drug-likeness (QED) is 0.585. The topological polar surface area (TPSA) is 79.3 Å². The highest BCUT2D eigenvalue weighted by Crippen LogP contribution is 2.21. The van der Waals surface area contributed by atoms with Crippen molar-refractivity contribution < 1.29 is 23.0 Å². The van der Waals surface area contributed by atoms with Gasteiger partial charge in [0.15, 0.2) is 0 Å². The van der Waals surface area contributed by atoms with Crippen LogP contribution in [0.3, 0.4) is 0 Å². The summed E-state index contributed by atoms with van der Waals surface area (Å²) in [5.41, 5.74) is 2.13. The van der Waals surface area contributed by atoms with E-state index in [2.05, 4.69) is 18.7 Å². The van der Waals surface area contributed by atoms with Gasteiger partial charge in [-0.3, -0.25) is 4.90 Å². The summed E-state index contributed by atoms with van der Waals surface area (Å²) in [7, 11) is -1.87. The molecule has 1 atom stereocenters. The average molecular weight is 463 g/mol. The van der Waals surface area contributed by atoms with Gasteiger partial charge in [0.1, 0.15) is 5.75 Å². The molecule has 0 aliphatic carbocycles. The van der Waals surface area contributed by atoms with Crippen LogP contribution in [-0.2, 0) is 21.4 Å². The molecule has 1 heterocycles. The minimum absolute atomic E-state index is 0.229. The summed E-state index contributed by atoms with van der Waals surface area (Å²) >= 11 is 0. The van der Waals surface area contributed by atoms with E-state index in [4.69, 9.17) is 9.47 Å². The first-order chi connectivity index (χ1) is 15.3. The molecule has 3 rings (SSSR count). The molecule has 7 nitrogen and oxygen atoms in total. The van der Waals surface area contributed by atoms with Gasteiger partial charge in [0, 0.05) is 32.7 Å². The predicted molar refractivity (Wildman–Crippen MR) is 124 cm³/mol. The molecule has 8 heteroatoms. The Labute approximate surface area is 191 Å². The summed E-state index contributed by atoms with van der Waals surface area (Å²) in [6, 6.07) is 14.8. The lowest BCUT2D eigenvalue weighted by atomic mass is 10.0. The molecule has 1 saturated heterocycles. The maximum atomic E-state index is 12.9. The van der Waals surface area contributed by atoms with Crippen LogP contribution in [0.4, 0.5) is 0 Å². The number of methoxy groups -OCH3 is 1. The van der Waals surface area contributed by atoms with Crippen molar-refractivity contribution in [3.8, 4) is 5.75 Å². The molecule has 0 radical (unpaired) electrons. The Morgan fingerprint density at radius 1 is 0.969 bits per heavy atom. The number of β-amino-alcohol motifs (C(OH)–C–C–N with tert-alkyl or cyclic N) is 1. The largest absolute Gasteiger partial charge is 0.497 e. The number of nitrogens with zero attached hydrogens (tertiary/aromatic N) is 2. The molecule has 0 spiro atoms. The predicted octanol–water partition coefficient (Wildman–Crippen LogP) is 2.70. The second-order valence-corrected chi connectivity index (χ2v) is 10.4. The monoisotopic (exact) mass is 462 g/mol. The van der Waals surface area contributed by atoms with Gasteiger partial charge in [0.05, 0.1) is 31.3 Å². The number of aliphatic hydroxyl groups excluding tert-OH is 1. The summed E-state index contributed by atoms with van der Waals surface area (Å²) in [4.78, 5) is 2.41. The molecule has 0 bridgehead atoms. The Hall–Kier alpha value is -1.97. The van der Waals surface area contributed by atoms with Crippen LogP contribution in [0.5, 0.6) is 5.75 Å². The van der Waals surface area contributed by atoms with E-state index in [0.29, 0.717) is 50.1 Å². The fourth-order valence-corrected chi connectivity index (χ4v) is 5.13. The second-order valence-electron chi connectivity index (χ2n) is 8.45. The van der Waals surface area contributed by atoms with Crippen LogP contribution in [0.25, 0.3) is 0 Å². The molecule has 1 N–H and O–H groups in total. The van der Waals surface area contributed by atoms with E-state index in [-0.39, 0.29) is 6.61 Å². The number of ether oxygens (including phenoxy) is 2. The van der Waals surface area contributed by atoms with Crippen molar-refractivity contribution in [1.82, 2.24) is 9.21 Å². The molecule has 2 aromatic carbocycles. The van der Waals surface area contributed by atoms with Crippen LogP contribution >= 0.6 is 0 Å². The van der Waals surface area contributed by atoms with E-state index in [1.165, 1.54) is 4.31 Å². The molecule has 2 aromatic rings. The molecule has 0 unspecified atom stereocenters. The zero-order valence-corrected chi connectivity index (χ0v) is 19.9. The van der Waals surface area contributed by atoms with E-state index < -0.39 is 16.1 Å². The Bertz CT molecular complexity index is 937. The van der Waals surface area contributed by atoms with Crippen LogP contribution in [-0.4, -0.2) is 75.3 Å². The zero-order valence-electron chi connectivity index (χ0n) is 19.1. The molecule has 1 aliphatic rings. The lowest BCUT2D eigenvalue weighted by Crippen LogP contribution is -2.50. The zero-order chi connectivity index (χ0) is 23.1. The van der Waals surface area contributed by atoms with Gasteiger partial charge in [-0.15, -0.1) is 0 Å². The minimum Gasteiger partial charge on any atom is -0.497 e. The summed E-state index contributed by atoms with van der Waals surface area (Å²) in [6.45, 7) is 7.26. The van der Waals surface area contributed by atoms with Crippen molar-refractivity contribution in [2.45, 2.75) is 37.4 Å². The third-order valence-electron chi connectivity index (χ3n) is 5.72. The SMILES string of the molecule is COc1ccc(COC[C@@H](O)CN2CCN(S(=O)(=O)c3ccc(C(C)C)cc3)CC2)cc1. The van der Waals surface area contributed by atoms with E-state index >= 15 is 0 Å². The van der Waals surface area contributed by atoms with E-state index in [0.717, 1.165) is 16.9 Å². The lowest BCUT2D eigenvalue weighted by molar-refractivity contribution is 0.00538. The third-order valence-corrected chi connectivity index (χ3v) is 7.64. The second kappa shape index (κ2) is 11.2. The van der Waals surface area contributed by atoms with Crippen molar-refractivity contribution in [2.75, 3.05) is 46.4 Å². The Kier molecular flexibility index (Phi) is 8.67. The molecular formula is C24H34N2O5S. The van der Waals surface area contributed by atoms with Crippen molar-refractivity contribution in [1.29, 1.82) is 0 Å². The normalized spacial score (nSPS) is 16.9. The molecule has 1 fully saturated rings. The van der Waals surface area contributed by atoms with Crippen molar-refractivity contribution >= 4 is 10.0 Å². The van der Waals surface area contributed by atoms with Crippen molar-refractivity contribution in [3.05, 3.63) is 59.7 Å². The number of aliphatic hydroxyl groups is 1. The Morgan fingerprint density at radius 3 is 2.16 bits per heavy atom. The smallest absolute Gasteiger partial charge is 0.243 e. The fourth-order valence-electron chi connectivity index (χ4n) is 3.71. The van der Waals surface area contributed by atoms with Gasteiger partial charge < -0.3 is 14.6 Å². The van der Waals surface area contributed by atoms with Crippen molar-refractivity contribution in [2.24, 2.45) is 0 Å². The molecule has 1 aliphatic heterocycles. The molecule has 176 valence electrons. The molecule has 0 saturated carbocycles. The van der Waals surface area contributed by atoms with Crippen LogP contribution in [0.2, 0.25) is 0 Å². The summed E-state index contributed by atoms with van der Waals surface area (Å²) in [5.74, 6) is 1.16. The lowest BCUT2D eigenvalue weighted by Gasteiger charge is -2.34. The Morgan fingerprint density at radius 2 is 1.59 bits per heavy atom. The Balaban J connectivity index is 1.42. The maximum Gasteiger partial charge on any atom is 0.243 e. The molecule has 0 amide bonds. The number of rotatable bonds is 10. The molecular weight excluding hydrogens is 428 g/mol. The van der Waals surface area contributed by atoms with Crippen LogP contribution < -0.4 is 4.74 Å². The van der Waals surface area contributed by atoms with Gasteiger partial charge in [-0.25, -0.2) is 8.42 Å². The first-order valence-electron chi connectivity index (χ1n) is 11.0. The van der Waals surface area contributed by atoms with E-state index in [1.807, 2.05) is 36.4 Å². The number of hydrogen-bond acceptors (Lipinski definition) is 6. The summed E-state index contributed by atoms with van der Waals surface area (Å²) in [5, 5.41) is 10.3. The van der Waals surface area contributed by atoms with Crippen molar-refractivity contribution in [3.63, 3.8) is 0 Å².